The standard InChI is InChI=1S/C16H17F2N/c1-16(2,12-6-4-3-5-7-12)15(19)11-8-13(17)10-14(18)9-11/h3-10,15H,19H2,1-2H3. The maximum absolute atomic E-state index is 13.3. The highest BCUT2D eigenvalue weighted by Gasteiger charge is 2.30. The normalized spacial score (nSPS) is 13.3. The van der Waals surface area contributed by atoms with Crippen LogP contribution >= 0.6 is 0 Å². The Morgan fingerprint density at radius 1 is 0.947 bits per heavy atom. The molecule has 2 aromatic rings. The molecule has 0 saturated heterocycles. The van der Waals surface area contributed by atoms with Gasteiger partial charge < -0.3 is 5.73 Å². The van der Waals surface area contributed by atoms with Crippen LogP contribution in [0.2, 0.25) is 0 Å². The maximum Gasteiger partial charge on any atom is 0.126 e. The van der Waals surface area contributed by atoms with Gasteiger partial charge in [0.2, 0.25) is 0 Å². The minimum atomic E-state index is -0.602. The molecule has 100 valence electrons. The van der Waals surface area contributed by atoms with Gasteiger partial charge in [0.05, 0.1) is 0 Å². The third-order valence-electron chi connectivity index (χ3n) is 3.54. The fourth-order valence-electron chi connectivity index (χ4n) is 2.22. The fraction of sp³-hybridized carbons (Fsp3) is 0.250. The lowest BCUT2D eigenvalue weighted by molar-refractivity contribution is 0.417. The second-order valence-corrected chi connectivity index (χ2v) is 5.27. The average Bonchev–Trinajstić information content (AvgIpc) is 2.37. The molecule has 0 aromatic heterocycles. The van der Waals surface area contributed by atoms with Gasteiger partial charge in [0.15, 0.2) is 0 Å². The van der Waals surface area contributed by atoms with Crippen LogP contribution in [0.3, 0.4) is 0 Å². The maximum atomic E-state index is 13.3. The zero-order valence-corrected chi connectivity index (χ0v) is 11.0. The molecule has 0 spiro atoms. The summed E-state index contributed by atoms with van der Waals surface area (Å²) in [7, 11) is 0. The number of hydrogen-bond donors (Lipinski definition) is 1. The molecule has 0 fully saturated rings. The van der Waals surface area contributed by atoms with Gasteiger partial charge in [-0.25, -0.2) is 8.78 Å². The molecule has 0 aliphatic heterocycles. The summed E-state index contributed by atoms with van der Waals surface area (Å²) >= 11 is 0. The average molecular weight is 261 g/mol. The Bertz CT molecular complexity index is 544. The molecule has 1 nitrogen and oxygen atoms in total. The van der Waals surface area contributed by atoms with E-state index in [9.17, 15) is 8.78 Å². The van der Waals surface area contributed by atoms with Gasteiger partial charge in [0.25, 0.3) is 0 Å². The third kappa shape index (κ3) is 2.82. The molecule has 1 atom stereocenters. The SMILES string of the molecule is CC(C)(c1ccccc1)C(N)c1cc(F)cc(F)c1. The van der Waals surface area contributed by atoms with Crippen molar-refractivity contribution in [3.63, 3.8) is 0 Å². The van der Waals surface area contributed by atoms with Crippen LogP contribution in [0.4, 0.5) is 8.78 Å². The highest BCUT2D eigenvalue weighted by Crippen LogP contribution is 2.35. The Balaban J connectivity index is 2.40. The van der Waals surface area contributed by atoms with Crippen LogP contribution in [0.25, 0.3) is 0 Å². The Morgan fingerprint density at radius 3 is 2.00 bits per heavy atom. The van der Waals surface area contributed by atoms with E-state index in [1.165, 1.54) is 12.1 Å². The lowest BCUT2D eigenvalue weighted by Crippen LogP contribution is -2.33. The largest absolute Gasteiger partial charge is 0.323 e. The topological polar surface area (TPSA) is 26.0 Å². The van der Waals surface area contributed by atoms with Crippen molar-refractivity contribution in [2.24, 2.45) is 5.73 Å². The summed E-state index contributed by atoms with van der Waals surface area (Å²) in [5.41, 5.74) is 7.29. The van der Waals surface area contributed by atoms with Crippen molar-refractivity contribution in [2.45, 2.75) is 25.3 Å². The van der Waals surface area contributed by atoms with Crippen molar-refractivity contribution >= 4 is 0 Å². The highest BCUT2D eigenvalue weighted by molar-refractivity contribution is 5.32. The van der Waals surface area contributed by atoms with Gasteiger partial charge in [-0.2, -0.15) is 0 Å². The first-order valence-electron chi connectivity index (χ1n) is 6.18. The third-order valence-corrected chi connectivity index (χ3v) is 3.54. The first-order valence-corrected chi connectivity index (χ1v) is 6.18. The van der Waals surface area contributed by atoms with Crippen LogP contribution in [-0.2, 0) is 5.41 Å². The second kappa shape index (κ2) is 5.10. The molecule has 2 aromatic carbocycles. The van der Waals surface area contributed by atoms with Crippen molar-refractivity contribution < 1.29 is 8.78 Å². The van der Waals surface area contributed by atoms with Gasteiger partial charge in [-0.1, -0.05) is 44.2 Å². The van der Waals surface area contributed by atoms with E-state index < -0.39 is 23.1 Å². The van der Waals surface area contributed by atoms with Crippen molar-refractivity contribution in [3.8, 4) is 0 Å². The Hall–Kier alpha value is -1.74. The molecule has 2 N–H and O–H groups in total. The number of halogens is 2. The predicted molar refractivity (Wildman–Crippen MR) is 72.8 cm³/mol. The van der Waals surface area contributed by atoms with Crippen LogP contribution in [-0.4, -0.2) is 0 Å². The predicted octanol–water partition coefficient (Wildman–Crippen LogP) is 3.94. The van der Waals surface area contributed by atoms with E-state index in [4.69, 9.17) is 5.73 Å². The molecular weight excluding hydrogens is 244 g/mol. The van der Waals surface area contributed by atoms with Crippen LogP contribution < -0.4 is 5.73 Å². The van der Waals surface area contributed by atoms with Crippen LogP contribution in [0.15, 0.2) is 48.5 Å². The van der Waals surface area contributed by atoms with Gasteiger partial charge >= 0.3 is 0 Å². The fourth-order valence-corrected chi connectivity index (χ4v) is 2.22. The van der Waals surface area contributed by atoms with Gasteiger partial charge in [0, 0.05) is 17.5 Å². The minimum absolute atomic E-state index is 0.415. The highest BCUT2D eigenvalue weighted by atomic mass is 19.1. The van der Waals surface area contributed by atoms with Gasteiger partial charge in [-0.05, 0) is 23.3 Å². The molecule has 1 unspecified atom stereocenters. The van der Waals surface area contributed by atoms with E-state index in [0.29, 0.717) is 5.56 Å². The molecule has 0 saturated carbocycles. The van der Waals surface area contributed by atoms with Gasteiger partial charge in [-0.3, -0.25) is 0 Å². The monoisotopic (exact) mass is 261 g/mol. The smallest absolute Gasteiger partial charge is 0.126 e. The molecule has 3 heteroatoms. The lowest BCUT2D eigenvalue weighted by atomic mass is 9.75. The molecule has 19 heavy (non-hydrogen) atoms. The summed E-state index contributed by atoms with van der Waals surface area (Å²) in [6.45, 7) is 3.94. The zero-order chi connectivity index (χ0) is 14.0. The van der Waals surface area contributed by atoms with E-state index >= 15 is 0 Å². The molecule has 0 amide bonds. The quantitative estimate of drug-likeness (QED) is 0.889. The zero-order valence-electron chi connectivity index (χ0n) is 11.0. The van der Waals surface area contributed by atoms with Crippen LogP contribution in [0.5, 0.6) is 0 Å². The first-order chi connectivity index (χ1) is 8.91. The van der Waals surface area contributed by atoms with Crippen molar-refractivity contribution in [2.75, 3.05) is 0 Å². The lowest BCUT2D eigenvalue weighted by Gasteiger charge is -2.32. The van der Waals surface area contributed by atoms with Crippen molar-refractivity contribution in [3.05, 3.63) is 71.3 Å². The minimum Gasteiger partial charge on any atom is -0.323 e. The Labute approximate surface area is 112 Å². The molecule has 0 aliphatic rings. The molecule has 2 rings (SSSR count). The van der Waals surface area contributed by atoms with E-state index in [-0.39, 0.29) is 0 Å². The number of nitrogens with two attached hydrogens (primary N) is 1. The summed E-state index contributed by atoms with van der Waals surface area (Å²) in [5, 5.41) is 0. The summed E-state index contributed by atoms with van der Waals surface area (Å²) in [6, 6.07) is 12.7. The molecule has 0 bridgehead atoms. The number of hydrogen-bond acceptors (Lipinski definition) is 1. The Kier molecular flexibility index (Phi) is 3.67. The van der Waals surface area contributed by atoms with E-state index in [1.54, 1.807) is 0 Å². The molecule has 0 heterocycles. The van der Waals surface area contributed by atoms with E-state index in [2.05, 4.69) is 0 Å². The summed E-state index contributed by atoms with van der Waals surface area (Å²) in [4.78, 5) is 0. The van der Waals surface area contributed by atoms with Gasteiger partial charge in [-0.15, -0.1) is 0 Å². The second-order valence-electron chi connectivity index (χ2n) is 5.27. The van der Waals surface area contributed by atoms with Crippen molar-refractivity contribution in [1.29, 1.82) is 0 Å². The molecular formula is C16H17F2N. The first kappa shape index (κ1) is 13.7. The number of rotatable bonds is 3. The number of benzene rings is 2. The van der Waals surface area contributed by atoms with Crippen molar-refractivity contribution in [1.82, 2.24) is 0 Å². The molecule has 0 aliphatic carbocycles. The van der Waals surface area contributed by atoms with Crippen LogP contribution in [0, 0.1) is 11.6 Å². The van der Waals surface area contributed by atoms with E-state index in [0.717, 1.165) is 11.6 Å². The Morgan fingerprint density at radius 2 is 1.47 bits per heavy atom. The van der Waals surface area contributed by atoms with E-state index in [1.807, 2.05) is 44.2 Å². The summed E-state index contributed by atoms with van der Waals surface area (Å²) in [5.74, 6) is -1.20. The molecule has 0 radical (unpaired) electrons. The summed E-state index contributed by atoms with van der Waals surface area (Å²) < 4.78 is 26.6. The van der Waals surface area contributed by atoms with Gasteiger partial charge in [0.1, 0.15) is 11.6 Å². The summed E-state index contributed by atoms with van der Waals surface area (Å²) in [6.07, 6.45) is 0. The van der Waals surface area contributed by atoms with Crippen LogP contribution in [0.1, 0.15) is 31.0 Å².